The number of nitrogens with one attached hydrogen (secondary N) is 1. The van der Waals surface area contributed by atoms with E-state index in [-0.39, 0.29) is 6.04 Å². The molecule has 2 aromatic rings. The zero-order valence-electron chi connectivity index (χ0n) is 10.8. The molecule has 0 aromatic carbocycles. The minimum Gasteiger partial charge on any atom is -0.378 e. The SMILES string of the molecule is CCc1cccnc1-c1noc(C2COCCN2)n1. The first-order valence-corrected chi connectivity index (χ1v) is 6.47. The highest BCUT2D eigenvalue weighted by atomic mass is 16.5. The Labute approximate surface area is 111 Å². The molecule has 0 bridgehead atoms. The van der Waals surface area contributed by atoms with Gasteiger partial charge in [-0.25, -0.2) is 0 Å². The van der Waals surface area contributed by atoms with Gasteiger partial charge in [0.2, 0.25) is 11.7 Å². The van der Waals surface area contributed by atoms with Gasteiger partial charge in [0.1, 0.15) is 11.7 Å². The fourth-order valence-electron chi connectivity index (χ4n) is 2.12. The summed E-state index contributed by atoms with van der Waals surface area (Å²) in [6.07, 6.45) is 2.63. The number of pyridine rings is 1. The van der Waals surface area contributed by atoms with Gasteiger partial charge >= 0.3 is 0 Å². The van der Waals surface area contributed by atoms with Crippen LogP contribution in [0.5, 0.6) is 0 Å². The number of aryl methyl sites for hydroxylation is 1. The van der Waals surface area contributed by atoms with E-state index >= 15 is 0 Å². The van der Waals surface area contributed by atoms with Crippen LogP contribution in [0.15, 0.2) is 22.9 Å². The van der Waals surface area contributed by atoms with Gasteiger partial charge in [-0.15, -0.1) is 0 Å². The zero-order chi connectivity index (χ0) is 13.1. The third-order valence-corrected chi connectivity index (χ3v) is 3.15. The van der Waals surface area contributed by atoms with Crippen molar-refractivity contribution in [3.63, 3.8) is 0 Å². The average molecular weight is 260 g/mol. The van der Waals surface area contributed by atoms with Gasteiger partial charge in [0.05, 0.1) is 13.2 Å². The van der Waals surface area contributed by atoms with Gasteiger partial charge in [0.15, 0.2) is 0 Å². The first-order valence-electron chi connectivity index (χ1n) is 6.47. The Morgan fingerprint density at radius 2 is 2.42 bits per heavy atom. The van der Waals surface area contributed by atoms with Gasteiger partial charge in [0.25, 0.3) is 0 Å². The second-order valence-electron chi connectivity index (χ2n) is 4.40. The van der Waals surface area contributed by atoms with Crippen LogP contribution < -0.4 is 5.32 Å². The van der Waals surface area contributed by atoms with Gasteiger partial charge in [0, 0.05) is 12.7 Å². The predicted octanol–water partition coefficient (Wildman–Crippen LogP) is 1.35. The Kier molecular flexibility index (Phi) is 3.52. The molecule has 6 nitrogen and oxygen atoms in total. The highest BCUT2D eigenvalue weighted by Gasteiger charge is 2.22. The lowest BCUT2D eigenvalue weighted by Crippen LogP contribution is -2.34. The number of rotatable bonds is 3. The lowest BCUT2D eigenvalue weighted by Gasteiger charge is -2.20. The van der Waals surface area contributed by atoms with Gasteiger partial charge in [-0.3, -0.25) is 4.98 Å². The maximum atomic E-state index is 5.39. The predicted molar refractivity (Wildman–Crippen MR) is 68.5 cm³/mol. The fraction of sp³-hybridized carbons (Fsp3) is 0.462. The van der Waals surface area contributed by atoms with Crippen LogP contribution in [0.2, 0.25) is 0 Å². The number of morpholine rings is 1. The van der Waals surface area contributed by atoms with Crippen molar-refractivity contribution >= 4 is 0 Å². The van der Waals surface area contributed by atoms with Gasteiger partial charge < -0.3 is 14.6 Å². The minimum atomic E-state index is -0.0243. The second kappa shape index (κ2) is 5.46. The van der Waals surface area contributed by atoms with E-state index in [1.54, 1.807) is 6.20 Å². The molecule has 3 heterocycles. The van der Waals surface area contributed by atoms with Gasteiger partial charge in [-0.1, -0.05) is 18.1 Å². The van der Waals surface area contributed by atoms with Crippen molar-refractivity contribution in [2.24, 2.45) is 0 Å². The van der Waals surface area contributed by atoms with E-state index in [1.807, 2.05) is 12.1 Å². The van der Waals surface area contributed by atoms with Gasteiger partial charge in [-0.2, -0.15) is 4.98 Å². The normalized spacial score (nSPS) is 19.5. The van der Waals surface area contributed by atoms with Crippen molar-refractivity contribution in [1.29, 1.82) is 0 Å². The lowest BCUT2D eigenvalue weighted by atomic mass is 10.1. The van der Waals surface area contributed by atoms with E-state index < -0.39 is 0 Å². The summed E-state index contributed by atoms with van der Waals surface area (Å²) in [7, 11) is 0. The Morgan fingerprint density at radius 1 is 1.47 bits per heavy atom. The molecule has 0 amide bonds. The lowest BCUT2D eigenvalue weighted by molar-refractivity contribution is 0.0659. The summed E-state index contributed by atoms with van der Waals surface area (Å²) >= 11 is 0. The van der Waals surface area contributed by atoms with E-state index in [2.05, 4.69) is 27.4 Å². The van der Waals surface area contributed by atoms with E-state index in [1.165, 1.54) is 0 Å². The number of nitrogens with zero attached hydrogens (tertiary/aromatic N) is 3. The molecule has 0 radical (unpaired) electrons. The van der Waals surface area contributed by atoms with Crippen molar-refractivity contribution in [2.75, 3.05) is 19.8 Å². The number of hydrogen-bond acceptors (Lipinski definition) is 6. The molecule has 6 heteroatoms. The monoisotopic (exact) mass is 260 g/mol. The van der Waals surface area contributed by atoms with Crippen LogP contribution in [0.4, 0.5) is 0 Å². The second-order valence-corrected chi connectivity index (χ2v) is 4.40. The smallest absolute Gasteiger partial charge is 0.246 e. The molecule has 1 aliphatic heterocycles. The quantitative estimate of drug-likeness (QED) is 0.898. The minimum absolute atomic E-state index is 0.0243. The third-order valence-electron chi connectivity index (χ3n) is 3.15. The molecule has 1 saturated heterocycles. The molecule has 100 valence electrons. The van der Waals surface area contributed by atoms with Crippen LogP contribution >= 0.6 is 0 Å². The highest BCUT2D eigenvalue weighted by Crippen LogP contribution is 2.21. The van der Waals surface area contributed by atoms with Crippen molar-refractivity contribution in [1.82, 2.24) is 20.4 Å². The molecule has 3 rings (SSSR count). The number of hydrogen-bond donors (Lipinski definition) is 1. The fourth-order valence-corrected chi connectivity index (χ4v) is 2.12. The summed E-state index contributed by atoms with van der Waals surface area (Å²) in [5, 5.41) is 7.31. The van der Waals surface area contributed by atoms with Crippen molar-refractivity contribution in [3.05, 3.63) is 29.8 Å². The largest absolute Gasteiger partial charge is 0.378 e. The Hall–Kier alpha value is -1.79. The Bertz CT molecular complexity index is 549. The summed E-state index contributed by atoms with van der Waals surface area (Å²) in [6.45, 7) is 4.16. The molecule has 0 saturated carbocycles. The summed E-state index contributed by atoms with van der Waals surface area (Å²) in [5.74, 6) is 1.10. The molecule has 1 N–H and O–H groups in total. The molecule has 0 aliphatic carbocycles. The van der Waals surface area contributed by atoms with E-state index in [9.17, 15) is 0 Å². The zero-order valence-corrected chi connectivity index (χ0v) is 10.8. The summed E-state index contributed by atoms with van der Waals surface area (Å²) in [5.41, 5.74) is 1.90. The highest BCUT2D eigenvalue weighted by molar-refractivity contribution is 5.53. The molecule has 1 aliphatic rings. The molecule has 1 atom stereocenters. The standard InChI is InChI=1S/C13H16N4O2/c1-2-9-4-3-5-15-11(9)12-16-13(19-17-12)10-8-18-7-6-14-10/h3-5,10,14H,2,6-8H2,1H3. The maximum absolute atomic E-state index is 5.39. The van der Waals surface area contributed by atoms with Crippen LogP contribution in [0.1, 0.15) is 24.4 Å². The number of ether oxygens (including phenoxy) is 1. The average Bonchev–Trinajstić information content (AvgIpc) is 2.98. The van der Waals surface area contributed by atoms with Gasteiger partial charge in [-0.05, 0) is 18.1 Å². The van der Waals surface area contributed by atoms with E-state index in [4.69, 9.17) is 9.26 Å². The summed E-state index contributed by atoms with van der Waals surface area (Å²) < 4.78 is 10.7. The first-order chi connectivity index (χ1) is 9.38. The molecular weight excluding hydrogens is 244 g/mol. The maximum Gasteiger partial charge on any atom is 0.246 e. The van der Waals surface area contributed by atoms with E-state index in [0.717, 1.165) is 30.8 Å². The Balaban J connectivity index is 1.88. The number of aromatic nitrogens is 3. The summed E-state index contributed by atoms with van der Waals surface area (Å²) in [6, 6.07) is 3.92. The van der Waals surface area contributed by atoms with Crippen molar-refractivity contribution in [3.8, 4) is 11.5 Å². The van der Waals surface area contributed by atoms with Crippen molar-refractivity contribution in [2.45, 2.75) is 19.4 Å². The van der Waals surface area contributed by atoms with E-state index in [0.29, 0.717) is 18.3 Å². The summed E-state index contributed by atoms with van der Waals surface area (Å²) in [4.78, 5) is 8.77. The van der Waals surface area contributed by atoms with Crippen LogP contribution in [-0.2, 0) is 11.2 Å². The molecule has 1 unspecified atom stereocenters. The third kappa shape index (κ3) is 2.50. The van der Waals surface area contributed by atoms with Crippen LogP contribution in [0.25, 0.3) is 11.5 Å². The van der Waals surface area contributed by atoms with Crippen LogP contribution in [0, 0.1) is 0 Å². The molecule has 2 aromatic heterocycles. The Morgan fingerprint density at radius 3 is 3.21 bits per heavy atom. The molecule has 1 fully saturated rings. The molecule has 19 heavy (non-hydrogen) atoms. The van der Waals surface area contributed by atoms with Crippen molar-refractivity contribution < 1.29 is 9.26 Å². The topological polar surface area (TPSA) is 73.1 Å². The molecule has 0 spiro atoms. The molecular formula is C13H16N4O2. The van der Waals surface area contributed by atoms with Crippen LogP contribution in [-0.4, -0.2) is 34.9 Å². The first kappa shape index (κ1) is 12.3. The van der Waals surface area contributed by atoms with Crippen LogP contribution in [0.3, 0.4) is 0 Å².